The molecule has 0 radical (unpaired) electrons. The molecule has 2 saturated heterocycles. The van der Waals surface area contributed by atoms with Gasteiger partial charge >= 0.3 is 12.2 Å². The number of nitrogens with one attached hydrogen (secondary N) is 1. The van der Waals surface area contributed by atoms with Crippen LogP contribution >= 0.6 is 0 Å². The second-order valence-electron chi connectivity index (χ2n) is 12.4. The summed E-state index contributed by atoms with van der Waals surface area (Å²) in [5.74, 6) is -2.04. The van der Waals surface area contributed by atoms with E-state index < -0.39 is 42.5 Å². The number of hydrogen-bond acceptors (Lipinski definition) is 8. The lowest BCUT2D eigenvalue weighted by Crippen LogP contribution is -2.57. The topological polar surface area (TPSA) is 104 Å². The molecule has 0 aliphatic carbocycles. The van der Waals surface area contributed by atoms with Crippen molar-refractivity contribution in [1.29, 1.82) is 0 Å². The molecule has 2 aliphatic rings. The molecule has 47 heavy (non-hydrogen) atoms. The average molecular weight is 664 g/mol. The minimum Gasteiger partial charge on any atom is -0.508 e. The number of piperidine rings is 1. The summed E-state index contributed by atoms with van der Waals surface area (Å²) in [7, 11) is 0. The highest BCUT2D eigenvalue weighted by molar-refractivity contribution is 6.01. The molecule has 1 unspecified atom stereocenters. The van der Waals surface area contributed by atoms with Gasteiger partial charge in [0.2, 0.25) is 0 Å². The smallest absolute Gasteiger partial charge is 0.418 e. The zero-order valence-corrected chi connectivity index (χ0v) is 25.7. The number of anilines is 1. The summed E-state index contributed by atoms with van der Waals surface area (Å²) >= 11 is 0. The third-order valence-electron chi connectivity index (χ3n) is 9.07. The normalized spacial score (nSPS) is 22.8. The molecule has 4 heterocycles. The van der Waals surface area contributed by atoms with Gasteiger partial charge in [-0.05, 0) is 85.5 Å². The van der Waals surface area contributed by atoms with Crippen LogP contribution in [0.5, 0.6) is 11.8 Å². The molecule has 2 aliphatic heterocycles. The number of ether oxygens (including phenoxy) is 1. The molecule has 2 fully saturated rings. The Bertz CT molecular complexity index is 1790. The molecule has 3 atom stereocenters. The molecule has 3 N–H and O–H groups in total. The number of halogens is 6. The summed E-state index contributed by atoms with van der Waals surface area (Å²) in [5, 5.41) is 24.8. The number of aliphatic hydroxyl groups is 1. The molecule has 4 aromatic rings. The van der Waals surface area contributed by atoms with Gasteiger partial charge in [0, 0.05) is 24.8 Å². The van der Waals surface area contributed by atoms with Crippen LogP contribution in [0.3, 0.4) is 0 Å². The number of aromatic hydroxyl groups is 1. The third-order valence-corrected chi connectivity index (χ3v) is 9.07. The molecule has 2 aromatic carbocycles. The first kappa shape index (κ1) is 33.0. The molecule has 0 bridgehead atoms. The van der Waals surface area contributed by atoms with E-state index in [1.165, 1.54) is 35.4 Å². The van der Waals surface area contributed by atoms with Crippen molar-refractivity contribution in [3.05, 3.63) is 47.7 Å². The SMILES string of the molecule is CCc1c(F)ccc2cc(O)cc(-c3ncc4c(N5CCCC(O)(C(F)(F)F)C5)nc(OC[C@@H]5CCCNC[C@H](F)C5)nc4c3F)c12. The van der Waals surface area contributed by atoms with Gasteiger partial charge in [0.25, 0.3) is 0 Å². The number of hydrogen-bond donors (Lipinski definition) is 3. The molecular weight excluding hydrogens is 628 g/mol. The van der Waals surface area contributed by atoms with E-state index in [1.54, 1.807) is 6.92 Å². The van der Waals surface area contributed by atoms with Crippen LogP contribution in [0.15, 0.2) is 30.5 Å². The lowest BCUT2D eigenvalue weighted by Gasteiger charge is -2.40. The van der Waals surface area contributed by atoms with E-state index in [9.17, 15) is 32.2 Å². The summed E-state index contributed by atoms with van der Waals surface area (Å²) in [5.41, 5.74) is -3.24. The van der Waals surface area contributed by atoms with Gasteiger partial charge in [-0.1, -0.05) is 13.0 Å². The van der Waals surface area contributed by atoms with E-state index in [4.69, 9.17) is 4.74 Å². The van der Waals surface area contributed by atoms with Crippen LogP contribution in [-0.2, 0) is 6.42 Å². The van der Waals surface area contributed by atoms with Gasteiger partial charge in [-0.2, -0.15) is 23.1 Å². The molecule has 2 aromatic heterocycles. The summed E-state index contributed by atoms with van der Waals surface area (Å²) in [4.78, 5) is 14.2. The highest BCUT2D eigenvalue weighted by Crippen LogP contribution is 2.42. The molecule has 0 amide bonds. The number of β-amino-alcohol motifs (C(OH)–C–C–N with tert-alkyl or cyclic N) is 1. The number of phenolic OH excluding ortho intramolecular Hbond substituents is 1. The fourth-order valence-corrected chi connectivity index (χ4v) is 6.68. The number of fused-ring (bicyclic) bond motifs is 2. The Morgan fingerprint density at radius 3 is 2.72 bits per heavy atom. The Labute approximate surface area is 266 Å². The maximum atomic E-state index is 16.7. The standard InChI is InChI=1S/C33H35F6N5O3/c1-2-22-25(35)7-6-19-12-21(45)13-23(26(19)22)28-27(36)29-24(15-41-28)30(44-10-4-8-32(46,17-44)33(37,38)39)43-31(42-29)47-16-18-5-3-9-40-14-20(34)11-18/h6-7,12-13,15,18,20,40,45-46H,2-5,8-11,14,16-17H2,1H3/t18-,20-,32?/m1/s1. The fraction of sp³-hybridized carbons (Fsp3) is 0.485. The molecule has 6 rings (SSSR count). The number of alkyl halides is 4. The van der Waals surface area contributed by atoms with E-state index in [0.717, 1.165) is 6.42 Å². The number of aryl methyl sites for hydroxylation is 1. The zero-order valence-electron chi connectivity index (χ0n) is 25.7. The Hall–Kier alpha value is -3.91. The van der Waals surface area contributed by atoms with Crippen LogP contribution in [0.25, 0.3) is 32.9 Å². The van der Waals surface area contributed by atoms with E-state index in [1.807, 2.05) is 0 Å². The van der Waals surface area contributed by atoms with Crippen molar-refractivity contribution in [3.8, 4) is 23.0 Å². The minimum absolute atomic E-state index is 0.00620. The predicted molar refractivity (Wildman–Crippen MR) is 164 cm³/mol. The Morgan fingerprint density at radius 1 is 1.15 bits per heavy atom. The summed E-state index contributed by atoms with van der Waals surface area (Å²) < 4.78 is 93.5. The van der Waals surface area contributed by atoms with E-state index in [0.29, 0.717) is 23.7 Å². The van der Waals surface area contributed by atoms with Gasteiger partial charge in [0.15, 0.2) is 11.4 Å². The molecular formula is C33H35F6N5O3. The van der Waals surface area contributed by atoms with Gasteiger partial charge in [-0.3, -0.25) is 4.98 Å². The van der Waals surface area contributed by atoms with Gasteiger partial charge in [0.1, 0.15) is 34.8 Å². The molecule has 0 spiro atoms. The summed E-state index contributed by atoms with van der Waals surface area (Å²) in [6.45, 7) is 1.79. The van der Waals surface area contributed by atoms with E-state index in [2.05, 4.69) is 20.3 Å². The molecule has 0 saturated carbocycles. The fourth-order valence-electron chi connectivity index (χ4n) is 6.68. The Balaban J connectivity index is 1.49. The maximum Gasteiger partial charge on any atom is 0.418 e. The highest BCUT2D eigenvalue weighted by atomic mass is 19.4. The van der Waals surface area contributed by atoms with E-state index >= 15 is 4.39 Å². The lowest BCUT2D eigenvalue weighted by molar-refractivity contribution is -0.261. The Kier molecular flexibility index (Phi) is 9.09. The van der Waals surface area contributed by atoms with Crippen LogP contribution in [0.4, 0.5) is 32.2 Å². The minimum atomic E-state index is -4.93. The summed E-state index contributed by atoms with van der Waals surface area (Å²) in [6.07, 6.45) is -3.48. The number of rotatable bonds is 6. The second kappa shape index (κ2) is 12.9. The first-order valence-electron chi connectivity index (χ1n) is 15.7. The van der Waals surface area contributed by atoms with Crippen molar-refractivity contribution in [2.45, 2.75) is 63.4 Å². The Morgan fingerprint density at radius 2 is 1.96 bits per heavy atom. The van der Waals surface area contributed by atoms with Gasteiger partial charge < -0.3 is 25.2 Å². The predicted octanol–water partition coefficient (Wildman–Crippen LogP) is 6.39. The maximum absolute atomic E-state index is 16.7. The van der Waals surface area contributed by atoms with Crippen molar-refractivity contribution in [3.63, 3.8) is 0 Å². The van der Waals surface area contributed by atoms with Crippen molar-refractivity contribution < 1.29 is 41.3 Å². The van der Waals surface area contributed by atoms with Crippen molar-refractivity contribution in [2.24, 2.45) is 5.92 Å². The largest absolute Gasteiger partial charge is 0.508 e. The highest BCUT2D eigenvalue weighted by Gasteiger charge is 2.55. The number of pyridine rings is 1. The van der Waals surface area contributed by atoms with Crippen molar-refractivity contribution in [1.82, 2.24) is 20.3 Å². The van der Waals surface area contributed by atoms with Crippen molar-refractivity contribution >= 4 is 27.5 Å². The number of aromatic nitrogens is 3. The van der Waals surface area contributed by atoms with Gasteiger partial charge in [0.05, 0.1) is 18.5 Å². The first-order valence-corrected chi connectivity index (χ1v) is 15.7. The first-order chi connectivity index (χ1) is 22.4. The number of benzene rings is 2. The van der Waals surface area contributed by atoms with E-state index in [-0.39, 0.29) is 90.2 Å². The molecule has 8 nitrogen and oxygen atoms in total. The van der Waals surface area contributed by atoms with Crippen LogP contribution < -0.4 is 15.0 Å². The zero-order chi connectivity index (χ0) is 33.5. The quantitative estimate of drug-likeness (QED) is 0.204. The number of phenols is 1. The second-order valence-corrected chi connectivity index (χ2v) is 12.4. The van der Waals surface area contributed by atoms with Gasteiger partial charge in [-0.15, -0.1) is 0 Å². The van der Waals surface area contributed by atoms with Crippen LogP contribution in [-0.4, -0.2) is 75.9 Å². The lowest BCUT2D eigenvalue weighted by atomic mass is 9.92. The third kappa shape index (κ3) is 6.49. The monoisotopic (exact) mass is 663 g/mol. The van der Waals surface area contributed by atoms with Crippen LogP contribution in [0.2, 0.25) is 0 Å². The number of nitrogens with zero attached hydrogens (tertiary/aromatic N) is 4. The van der Waals surface area contributed by atoms with Gasteiger partial charge in [-0.25, -0.2) is 13.2 Å². The molecule has 14 heteroatoms. The van der Waals surface area contributed by atoms with Crippen molar-refractivity contribution in [2.75, 3.05) is 37.7 Å². The summed E-state index contributed by atoms with van der Waals surface area (Å²) in [6, 6.07) is 5.08. The molecule has 252 valence electrons. The average Bonchev–Trinajstić information content (AvgIpc) is 3.01. The van der Waals surface area contributed by atoms with Crippen LogP contribution in [0, 0.1) is 17.6 Å². The van der Waals surface area contributed by atoms with Crippen LogP contribution in [0.1, 0.15) is 44.6 Å².